The first-order valence-electron chi connectivity index (χ1n) is 8.45. The summed E-state index contributed by atoms with van der Waals surface area (Å²) in [6.07, 6.45) is 1.37. The van der Waals surface area contributed by atoms with Crippen LogP contribution >= 0.6 is 11.8 Å². The van der Waals surface area contributed by atoms with Crippen molar-refractivity contribution in [1.82, 2.24) is 5.32 Å². The molecule has 3 rings (SSSR count). The van der Waals surface area contributed by atoms with Gasteiger partial charge in [0.15, 0.2) is 0 Å². The van der Waals surface area contributed by atoms with Crippen LogP contribution < -0.4 is 5.32 Å². The van der Waals surface area contributed by atoms with Gasteiger partial charge in [-0.25, -0.2) is 0 Å². The van der Waals surface area contributed by atoms with Crippen LogP contribution in [0.2, 0.25) is 0 Å². The largest absolute Gasteiger partial charge is 0.447 e. The van der Waals surface area contributed by atoms with Gasteiger partial charge in [0.2, 0.25) is 6.10 Å². The van der Waals surface area contributed by atoms with E-state index in [0.717, 1.165) is 17.7 Å². The number of nitrogens with one attached hydrogen (secondary N) is 1. The number of benzene rings is 2. The van der Waals surface area contributed by atoms with Crippen LogP contribution in [-0.4, -0.2) is 23.7 Å². The van der Waals surface area contributed by atoms with Crippen LogP contribution in [0.25, 0.3) is 0 Å². The first-order valence-corrected chi connectivity index (χ1v) is 9.43. The second-order valence-corrected chi connectivity index (χ2v) is 7.14. The smallest absolute Gasteiger partial charge is 0.307 e. The zero-order chi connectivity index (χ0) is 17.5. The van der Waals surface area contributed by atoms with E-state index in [9.17, 15) is 9.59 Å². The van der Waals surface area contributed by atoms with Crippen molar-refractivity contribution in [1.29, 1.82) is 0 Å². The molecular weight excluding hydrogens is 334 g/mol. The monoisotopic (exact) mass is 355 g/mol. The van der Waals surface area contributed by atoms with E-state index >= 15 is 0 Å². The van der Waals surface area contributed by atoms with E-state index in [4.69, 9.17) is 4.74 Å². The summed E-state index contributed by atoms with van der Waals surface area (Å²) in [5, 5.41) is 2.92. The van der Waals surface area contributed by atoms with E-state index in [-0.39, 0.29) is 24.3 Å². The minimum Gasteiger partial charge on any atom is -0.447 e. The number of thioether (sulfide) groups is 1. The van der Waals surface area contributed by atoms with Crippen LogP contribution in [-0.2, 0) is 14.3 Å². The van der Waals surface area contributed by atoms with Crippen LogP contribution in [0.5, 0.6) is 0 Å². The topological polar surface area (TPSA) is 55.4 Å². The molecule has 1 aliphatic carbocycles. The molecule has 4 nitrogen and oxygen atoms in total. The molecule has 0 spiro atoms. The normalized spacial score (nSPS) is 14.6. The summed E-state index contributed by atoms with van der Waals surface area (Å²) < 4.78 is 5.50. The number of hydrogen-bond donors (Lipinski definition) is 1. The average Bonchev–Trinajstić information content (AvgIpc) is 3.45. The summed E-state index contributed by atoms with van der Waals surface area (Å²) in [7, 11) is 0. The Bertz CT molecular complexity index is 701. The van der Waals surface area contributed by atoms with Gasteiger partial charge in [-0.2, -0.15) is 0 Å². The van der Waals surface area contributed by atoms with Crippen molar-refractivity contribution in [3.8, 4) is 0 Å². The van der Waals surface area contributed by atoms with Crippen LogP contribution in [0.3, 0.4) is 0 Å². The Hall–Kier alpha value is -2.27. The van der Waals surface area contributed by atoms with Crippen molar-refractivity contribution >= 4 is 23.6 Å². The Kier molecular flexibility index (Phi) is 6.12. The lowest BCUT2D eigenvalue weighted by molar-refractivity contribution is -0.156. The molecule has 1 atom stereocenters. The van der Waals surface area contributed by atoms with E-state index in [1.807, 2.05) is 60.7 Å². The molecule has 130 valence electrons. The highest BCUT2D eigenvalue weighted by Crippen LogP contribution is 2.24. The average molecular weight is 355 g/mol. The van der Waals surface area contributed by atoms with Gasteiger partial charge in [0.25, 0.3) is 5.91 Å². The minimum absolute atomic E-state index is 0.228. The third kappa shape index (κ3) is 5.64. The predicted molar refractivity (Wildman–Crippen MR) is 98.2 cm³/mol. The van der Waals surface area contributed by atoms with E-state index in [1.54, 1.807) is 11.8 Å². The molecule has 2 aromatic rings. The molecule has 0 radical (unpaired) electrons. The second-order valence-electron chi connectivity index (χ2n) is 5.97. The van der Waals surface area contributed by atoms with Gasteiger partial charge in [0.1, 0.15) is 0 Å². The van der Waals surface area contributed by atoms with E-state index in [1.165, 1.54) is 0 Å². The fraction of sp³-hybridized carbons (Fsp3) is 0.300. The van der Waals surface area contributed by atoms with Crippen molar-refractivity contribution in [2.24, 2.45) is 0 Å². The van der Waals surface area contributed by atoms with Crippen molar-refractivity contribution in [2.75, 3.05) is 5.75 Å². The maximum atomic E-state index is 12.4. The highest BCUT2D eigenvalue weighted by molar-refractivity contribution is 7.99. The SMILES string of the molecule is O=C(CCSc1ccccc1)O[C@@H](C(=O)NC1CC1)c1ccccc1. The number of esters is 1. The molecule has 1 fully saturated rings. The first kappa shape index (κ1) is 17.5. The maximum absolute atomic E-state index is 12.4. The maximum Gasteiger partial charge on any atom is 0.307 e. The molecule has 0 aromatic heterocycles. The van der Waals surface area contributed by atoms with E-state index < -0.39 is 6.10 Å². The summed E-state index contributed by atoms with van der Waals surface area (Å²) in [5.41, 5.74) is 0.699. The quantitative estimate of drug-likeness (QED) is 0.579. The molecule has 5 heteroatoms. The highest BCUT2D eigenvalue weighted by Gasteiger charge is 2.30. The van der Waals surface area contributed by atoms with Crippen molar-refractivity contribution < 1.29 is 14.3 Å². The third-order valence-electron chi connectivity index (χ3n) is 3.83. The number of rotatable bonds is 8. The van der Waals surface area contributed by atoms with E-state index in [2.05, 4.69) is 5.32 Å². The van der Waals surface area contributed by atoms with Crippen molar-refractivity contribution in [2.45, 2.75) is 36.3 Å². The number of carbonyl (C=O) groups is 2. The van der Waals surface area contributed by atoms with Crippen LogP contribution in [0.15, 0.2) is 65.6 Å². The summed E-state index contributed by atoms with van der Waals surface area (Å²) in [6, 6.07) is 19.3. The summed E-state index contributed by atoms with van der Waals surface area (Å²) >= 11 is 1.60. The zero-order valence-electron chi connectivity index (χ0n) is 13.9. The fourth-order valence-corrected chi connectivity index (χ4v) is 3.22. The van der Waals surface area contributed by atoms with Crippen molar-refractivity contribution in [3.05, 3.63) is 66.2 Å². The number of hydrogen-bond acceptors (Lipinski definition) is 4. The van der Waals surface area contributed by atoms with Gasteiger partial charge < -0.3 is 10.1 Å². The molecule has 0 saturated heterocycles. The lowest BCUT2D eigenvalue weighted by atomic mass is 10.1. The summed E-state index contributed by atoms with van der Waals surface area (Å²) in [4.78, 5) is 25.8. The van der Waals surface area contributed by atoms with Crippen molar-refractivity contribution in [3.63, 3.8) is 0 Å². The third-order valence-corrected chi connectivity index (χ3v) is 4.85. The zero-order valence-corrected chi connectivity index (χ0v) is 14.7. The first-order chi connectivity index (χ1) is 12.2. The molecule has 0 unspecified atom stereocenters. The van der Waals surface area contributed by atoms with Gasteiger partial charge in [-0.15, -0.1) is 11.8 Å². The molecule has 0 heterocycles. The molecule has 0 aliphatic heterocycles. The molecule has 1 saturated carbocycles. The second kappa shape index (κ2) is 8.72. The predicted octanol–water partition coefficient (Wildman–Crippen LogP) is 3.73. The van der Waals surface area contributed by atoms with Gasteiger partial charge >= 0.3 is 5.97 Å². The molecule has 1 N–H and O–H groups in total. The van der Waals surface area contributed by atoms with Gasteiger partial charge in [0.05, 0.1) is 6.42 Å². The number of carbonyl (C=O) groups excluding carboxylic acids is 2. The Morgan fingerprint density at radius 1 is 1.04 bits per heavy atom. The Morgan fingerprint density at radius 2 is 1.68 bits per heavy atom. The Balaban J connectivity index is 1.55. The Morgan fingerprint density at radius 3 is 2.32 bits per heavy atom. The molecule has 1 amide bonds. The fourth-order valence-electron chi connectivity index (χ4n) is 2.36. The van der Waals surface area contributed by atoms with Crippen LogP contribution in [0.1, 0.15) is 30.9 Å². The molecule has 0 bridgehead atoms. The van der Waals surface area contributed by atoms with Gasteiger partial charge in [-0.1, -0.05) is 48.5 Å². The van der Waals surface area contributed by atoms with Gasteiger partial charge in [-0.05, 0) is 25.0 Å². The van der Waals surface area contributed by atoms with Gasteiger partial charge in [0, 0.05) is 22.3 Å². The van der Waals surface area contributed by atoms with E-state index in [0.29, 0.717) is 11.3 Å². The summed E-state index contributed by atoms with van der Waals surface area (Å²) in [5.74, 6) is 0.0233. The van der Waals surface area contributed by atoms with Gasteiger partial charge in [-0.3, -0.25) is 9.59 Å². The Labute approximate surface area is 152 Å². The standard InChI is InChI=1S/C20H21NO3S/c22-18(13-14-25-17-9-5-2-6-10-17)24-19(15-7-3-1-4-8-15)20(23)21-16-11-12-16/h1-10,16,19H,11-14H2,(H,21,23)/t19-/m1/s1. The molecule has 25 heavy (non-hydrogen) atoms. The highest BCUT2D eigenvalue weighted by atomic mass is 32.2. The lowest BCUT2D eigenvalue weighted by Crippen LogP contribution is -2.33. The molecule has 1 aliphatic rings. The number of amides is 1. The van der Waals surface area contributed by atoms with Crippen LogP contribution in [0, 0.1) is 0 Å². The minimum atomic E-state index is -0.879. The lowest BCUT2D eigenvalue weighted by Gasteiger charge is -2.18. The van der Waals surface area contributed by atoms with Crippen LogP contribution in [0.4, 0.5) is 0 Å². The summed E-state index contributed by atoms with van der Waals surface area (Å²) in [6.45, 7) is 0. The molecule has 2 aromatic carbocycles. The molecular formula is C20H21NO3S. The number of ether oxygens (including phenoxy) is 1.